The Kier molecular flexibility index (Phi) is 3.70. The van der Waals surface area contributed by atoms with E-state index in [1.807, 2.05) is 6.66 Å². The van der Waals surface area contributed by atoms with E-state index in [1.54, 1.807) is 7.11 Å². The third-order valence-corrected chi connectivity index (χ3v) is 5.23. The SMILES string of the molecule is CCC1(CC)CO[PH](C)(OC)OC1. The minimum atomic E-state index is -2.23. The minimum absolute atomic E-state index is 0.227. The van der Waals surface area contributed by atoms with E-state index in [-0.39, 0.29) is 5.41 Å². The molecule has 0 N–H and O–H groups in total. The normalized spacial score (nSPS) is 28.3. The molecule has 4 heteroatoms. The van der Waals surface area contributed by atoms with Crippen LogP contribution in [0.15, 0.2) is 0 Å². The Morgan fingerprint density at radius 1 is 1.23 bits per heavy atom. The van der Waals surface area contributed by atoms with Crippen molar-refractivity contribution in [1.29, 1.82) is 0 Å². The first kappa shape index (κ1) is 11.4. The second kappa shape index (κ2) is 4.22. The van der Waals surface area contributed by atoms with Gasteiger partial charge in [-0.1, -0.05) is 0 Å². The standard InChI is InChI=1S/C9H21O3P/c1-5-9(6-2)7-11-13(4,10-3)12-8-9/h13H,5-8H2,1-4H3. The monoisotopic (exact) mass is 208 g/mol. The zero-order valence-electron chi connectivity index (χ0n) is 9.05. The van der Waals surface area contributed by atoms with Crippen molar-refractivity contribution in [3.05, 3.63) is 0 Å². The van der Waals surface area contributed by atoms with E-state index >= 15 is 0 Å². The molecule has 0 unspecified atom stereocenters. The van der Waals surface area contributed by atoms with Gasteiger partial charge in [-0.05, 0) is 0 Å². The van der Waals surface area contributed by atoms with Crippen molar-refractivity contribution in [2.24, 2.45) is 5.41 Å². The molecule has 0 aromatic carbocycles. The van der Waals surface area contributed by atoms with Gasteiger partial charge >= 0.3 is 80.6 Å². The molecule has 1 saturated heterocycles. The Labute approximate surface area is 81.3 Å². The van der Waals surface area contributed by atoms with Crippen LogP contribution in [-0.4, -0.2) is 27.0 Å². The van der Waals surface area contributed by atoms with Crippen molar-refractivity contribution < 1.29 is 13.6 Å². The zero-order chi connectivity index (χ0) is 9.95. The Morgan fingerprint density at radius 3 is 2.00 bits per heavy atom. The van der Waals surface area contributed by atoms with E-state index in [1.165, 1.54) is 0 Å². The van der Waals surface area contributed by atoms with E-state index < -0.39 is 7.94 Å². The van der Waals surface area contributed by atoms with Crippen LogP contribution in [0.5, 0.6) is 0 Å². The maximum absolute atomic E-state index is 5.71. The van der Waals surface area contributed by atoms with Gasteiger partial charge in [0.25, 0.3) is 0 Å². The number of rotatable bonds is 3. The average Bonchev–Trinajstić information content (AvgIpc) is 2.20. The first-order valence-electron chi connectivity index (χ1n) is 4.93. The van der Waals surface area contributed by atoms with Gasteiger partial charge in [-0.2, -0.15) is 0 Å². The number of hydrogen-bond donors (Lipinski definition) is 0. The fraction of sp³-hybridized carbons (Fsp3) is 1.00. The van der Waals surface area contributed by atoms with Crippen molar-refractivity contribution in [3.63, 3.8) is 0 Å². The van der Waals surface area contributed by atoms with Crippen molar-refractivity contribution >= 4 is 7.94 Å². The van der Waals surface area contributed by atoms with Gasteiger partial charge in [-0.25, -0.2) is 0 Å². The van der Waals surface area contributed by atoms with Crippen LogP contribution in [0.1, 0.15) is 26.7 Å². The second-order valence-electron chi connectivity index (χ2n) is 3.85. The van der Waals surface area contributed by atoms with Crippen LogP contribution >= 0.6 is 7.94 Å². The van der Waals surface area contributed by atoms with Gasteiger partial charge in [0, 0.05) is 0 Å². The van der Waals surface area contributed by atoms with Gasteiger partial charge in [-0.15, -0.1) is 0 Å². The first-order valence-corrected chi connectivity index (χ1v) is 7.15. The van der Waals surface area contributed by atoms with E-state index in [9.17, 15) is 0 Å². The Balaban J connectivity index is 2.54. The molecule has 80 valence electrons. The van der Waals surface area contributed by atoms with Gasteiger partial charge in [0.05, 0.1) is 0 Å². The summed E-state index contributed by atoms with van der Waals surface area (Å²) in [6.45, 7) is 7.90. The van der Waals surface area contributed by atoms with Crippen LogP contribution < -0.4 is 0 Å². The quantitative estimate of drug-likeness (QED) is 0.667. The zero-order valence-corrected chi connectivity index (χ0v) is 10.1. The molecule has 0 atom stereocenters. The molecule has 0 saturated carbocycles. The molecule has 3 nitrogen and oxygen atoms in total. The van der Waals surface area contributed by atoms with Crippen LogP contribution in [0.2, 0.25) is 0 Å². The molecule has 1 heterocycles. The fourth-order valence-electron chi connectivity index (χ4n) is 1.43. The van der Waals surface area contributed by atoms with Gasteiger partial charge in [0.1, 0.15) is 0 Å². The van der Waals surface area contributed by atoms with Crippen molar-refractivity contribution in [3.8, 4) is 0 Å². The molecule has 0 bridgehead atoms. The molecule has 0 spiro atoms. The summed E-state index contributed by atoms with van der Waals surface area (Å²) in [6.07, 6.45) is 2.22. The molecule has 0 aliphatic carbocycles. The van der Waals surface area contributed by atoms with Crippen molar-refractivity contribution in [2.45, 2.75) is 26.7 Å². The second-order valence-corrected chi connectivity index (χ2v) is 6.56. The Bertz CT molecular complexity index is 158. The molecule has 0 aromatic rings. The summed E-state index contributed by atoms with van der Waals surface area (Å²) in [6, 6.07) is 0. The predicted octanol–water partition coefficient (Wildman–Crippen LogP) is 2.61. The van der Waals surface area contributed by atoms with E-state index in [0.717, 1.165) is 26.1 Å². The summed E-state index contributed by atoms with van der Waals surface area (Å²) in [5.41, 5.74) is 0.227. The Hall–Kier alpha value is 0.310. The van der Waals surface area contributed by atoms with Gasteiger partial charge in [0.15, 0.2) is 0 Å². The molecular weight excluding hydrogens is 187 g/mol. The molecule has 0 aromatic heterocycles. The van der Waals surface area contributed by atoms with Crippen molar-refractivity contribution in [1.82, 2.24) is 0 Å². The molecule has 1 aliphatic rings. The summed E-state index contributed by atoms with van der Waals surface area (Å²) in [7, 11) is -0.568. The summed E-state index contributed by atoms with van der Waals surface area (Å²) >= 11 is 0. The van der Waals surface area contributed by atoms with Crippen LogP contribution in [0.25, 0.3) is 0 Å². The molecule has 1 fully saturated rings. The molecule has 0 amide bonds. The van der Waals surface area contributed by atoms with E-state index in [0.29, 0.717) is 0 Å². The molecular formula is C9H21O3P. The third kappa shape index (κ3) is 2.41. The first-order chi connectivity index (χ1) is 6.10. The molecule has 1 aliphatic heterocycles. The maximum atomic E-state index is 5.71. The number of hydrogen-bond acceptors (Lipinski definition) is 3. The van der Waals surface area contributed by atoms with Crippen LogP contribution in [-0.2, 0) is 13.6 Å². The summed E-state index contributed by atoms with van der Waals surface area (Å²) in [5, 5.41) is 0. The summed E-state index contributed by atoms with van der Waals surface area (Å²) in [5.74, 6) is 0. The summed E-state index contributed by atoms with van der Waals surface area (Å²) < 4.78 is 16.7. The topological polar surface area (TPSA) is 27.7 Å². The molecule has 0 radical (unpaired) electrons. The predicted molar refractivity (Wildman–Crippen MR) is 56.2 cm³/mol. The van der Waals surface area contributed by atoms with Gasteiger partial charge in [-0.3, -0.25) is 0 Å². The van der Waals surface area contributed by atoms with E-state index in [4.69, 9.17) is 13.6 Å². The van der Waals surface area contributed by atoms with Crippen LogP contribution in [0, 0.1) is 5.41 Å². The van der Waals surface area contributed by atoms with Crippen LogP contribution in [0.4, 0.5) is 0 Å². The van der Waals surface area contributed by atoms with Gasteiger partial charge < -0.3 is 0 Å². The van der Waals surface area contributed by atoms with Gasteiger partial charge in [0.2, 0.25) is 0 Å². The molecule has 13 heavy (non-hydrogen) atoms. The Morgan fingerprint density at radius 2 is 1.69 bits per heavy atom. The van der Waals surface area contributed by atoms with E-state index in [2.05, 4.69) is 13.8 Å². The summed E-state index contributed by atoms with van der Waals surface area (Å²) in [4.78, 5) is 0. The fourth-order valence-corrected chi connectivity index (χ4v) is 2.88. The third-order valence-electron chi connectivity index (χ3n) is 3.15. The van der Waals surface area contributed by atoms with Crippen LogP contribution in [0.3, 0.4) is 0 Å². The van der Waals surface area contributed by atoms with Crippen molar-refractivity contribution in [2.75, 3.05) is 27.0 Å². The molecule has 1 rings (SSSR count). The average molecular weight is 208 g/mol.